The second-order valence-electron chi connectivity index (χ2n) is 4.77. The third kappa shape index (κ3) is 2.03. The minimum Gasteiger partial charge on any atom is -0.274 e. The Hall–Kier alpha value is -1.13. The summed E-state index contributed by atoms with van der Waals surface area (Å²) in [6.45, 7) is 0. The van der Waals surface area contributed by atoms with Crippen molar-refractivity contribution in [3.05, 3.63) is 39.8 Å². The van der Waals surface area contributed by atoms with Crippen molar-refractivity contribution in [1.82, 2.24) is 0 Å². The van der Waals surface area contributed by atoms with E-state index in [0.717, 1.165) is 4.47 Å². The molecule has 2 amide bonds. The fourth-order valence-electron chi connectivity index (χ4n) is 2.68. The molecule has 2 aliphatic rings. The van der Waals surface area contributed by atoms with Crippen molar-refractivity contribution >= 4 is 45.0 Å². The van der Waals surface area contributed by atoms with Gasteiger partial charge in [0.2, 0.25) is 11.8 Å². The molecule has 0 radical (unpaired) electrons. The van der Waals surface area contributed by atoms with Crippen molar-refractivity contribution in [3.8, 4) is 0 Å². The summed E-state index contributed by atoms with van der Waals surface area (Å²) < 4.78 is 0.746. The second kappa shape index (κ2) is 4.76. The number of nitrogens with zero attached hydrogens (tertiary/aromatic N) is 1. The van der Waals surface area contributed by atoms with Gasteiger partial charge in [-0.25, -0.2) is 4.90 Å². The van der Waals surface area contributed by atoms with Gasteiger partial charge in [0.05, 0.1) is 22.5 Å². The molecular weight excluding hydrogens is 330 g/mol. The first kappa shape index (κ1) is 12.9. The Labute approximate surface area is 124 Å². The number of amides is 2. The first-order chi connectivity index (χ1) is 9.09. The van der Waals surface area contributed by atoms with E-state index in [2.05, 4.69) is 15.9 Å². The molecule has 19 heavy (non-hydrogen) atoms. The molecule has 0 spiro atoms. The summed E-state index contributed by atoms with van der Waals surface area (Å²) in [7, 11) is 0. The minimum absolute atomic E-state index is 0.113. The van der Waals surface area contributed by atoms with Crippen LogP contribution in [0.4, 0.5) is 5.69 Å². The van der Waals surface area contributed by atoms with Gasteiger partial charge in [0.15, 0.2) is 0 Å². The molecule has 2 atom stereocenters. The van der Waals surface area contributed by atoms with Gasteiger partial charge in [-0.3, -0.25) is 9.59 Å². The summed E-state index contributed by atoms with van der Waals surface area (Å²) in [6.07, 6.45) is 5.25. The second-order valence-corrected chi connectivity index (χ2v) is 6.03. The molecule has 0 saturated carbocycles. The van der Waals surface area contributed by atoms with E-state index in [-0.39, 0.29) is 23.7 Å². The van der Waals surface area contributed by atoms with Crippen LogP contribution >= 0.6 is 27.5 Å². The van der Waals surface area contributed by atoms with Crippen LogP contribution in [0.2, 0.25) is 5.02 Å². The molecule has 0 N–H and O–H groups in total. The van der Waals surface area contributed by atoms with Crippen LogP contribution in [-0.4, -0.2) is 11.8 Å². The van der Waals surface area contributed by atoms with Crippen LogP contribution < -0.4 is 4.90 Å². The van der Waals surface area contributed by atoms with Crippen LogP contribution in [0, 0.1) is 11.8 Å². The van der Waals surface area contributed by atoms with Crippen molar-refractivity contribution in [1.29, 1.82) is 0 Å². The Bertz CT molecular complexity index is 573. The summed E-state index contributed by atoms with van der Waals surface area (Å²) in [5.41, 5.74) is 0.553. The van der Waals surface area contributed by atoms with Crippen molar-refractivity contribution in [3.63, 3.8) is 0 Å². The fourth-order valence-corrected chi connectivity index (χ4v) is 3.10. The highest BCUT2D eigenvalue weighted by molar-refractivity contribution is 9.10. The summed E-state index contributed by atoms with van der Waals surface area (Å²) in [6, 6.07) is 5.13. The zero-order chi connectivity index (χ0) is 13.6. The molecule has 98 valence electrons. The number of imide groups is 1. The molecule has 3 nitrogen and oxygen atoms in total. The third-order valence-electron chi connectivity index (χ3n) is 3.67. The quantitative estimate of drug-likeness (QED) is 0.579. The molecule has 1 aromatic carbocycles. The van der Waals surface area contributed by atoms with E-state index >= 15 is 0 Å². The largest absolute Gasteiger partial charge is 0.274 e. The Morgan fingerprint density at radius 2 is 1.68 bits per heavy atom. The number of allylic oxidation sites excluding steroid dienone is 2. The number of carbonyl (C=O) groups is 2. The van der Waals surface area contributed by atoms with Gasteiger partial charge < -0.3 is 0 Å². The molecule has 1 heterocycles. The van der Waals surface area contributed by atoms with Gasteiger partial charge in [-0.2, -0.15) is 0 Å². The fraction of sp³-hybridized carbons (Fsp3) is 0.286. The number of carbonyl (C=O) groups excluding carboxylic acids is 2. The predicted octanol–water partition coefficient (Wildman–Crippen LogP) is 3.56. The van der Waals surface area contributed by atoms with E-state index in [1.807, 2.05) is 12.2 Å². The van der Waals surface area contributed by atoms with Gasteiger partial charge >= 0.3 is 0 Å². The van der Waals surface area contributed by atoms with Gasteiger partial charge in [-0.15, -0.1) is 0 Å². The van der Waals surface area contributed by atoms with Crippen LogP contribution in [0.1, 0.15) is 12.8 Å². The number of benzene rings is 1. The smallest absolute Gasteiger partial charge is 0.238 e. The molecule has 0 bridgehead atoms. The van der Waals surface area contributed by atoms with E-state index in [0.29, 0.717) is 23.6 Å². The lowest BCUT2D eigenvalue weighted by atomic mass is 9.85. The Kier molecular flexibility index (Phi) is 3.23. The van der Waals surface area contributed by atoms with Gasteiger partial charge in [-0.1, -0.05) is 23.8 Å². The van der Waals surface area contributed by atoms with E-state index in [9.17, 15) is 9.59 Å². The highest BCUT2D eigenvalue weighted by Gasteiger charge is 2.47. The monoisotopic (exact) mass is 339 g/mol. The summed E-state index contributed by atoms with van der Waals surface area (Å²) in [5, 5.41) is 0.492. The molecule has 1 aromatic rings. The molecule has 1 saturated heterocycles. The lowest BCUT2D eigenvalue weighted by Crippen LogP contribution is -2.30. The van der Waals surface area contributed by atoms with E-state index in [1.54, 1.807) is 18.2 Å². The minimum atomic E-state index is -0.208. The van der Waals surface area contributed by atoms with Gasteiger partial charge in [0.1, 0.15) is 0 Å². The molecule has 3 rings (SSSR count). The van der Waals surface area contributed by atoms with Gasteiger partial charge in [0.25, 0.3) is 0 Å². The van der Waals surface area contributed by atoms with Gasteiger partial charge in [-0.05, 0) is 47.0 Å². The molecule has 1 fully saturated rings. The number of rotatable bonds is 1. The molecule has 0 aromatic heterocycles. The Balaban J connectivity index is 1.99. The van der Waals surface area contributed by atoms with Crippen LogP contribution in [-0.2, 0) is 9.59 Å². The summed E-state index contributed by atoms with van der Waals surface area (Å²) >= 11 is 9.33. The maximum absolute atomic E-state index is 12.4. The van der Waals surface area contributed by atoms with E-state index in [1.165, 1.54) is 4.90 Å². The summed E-state index contributed by atoms with van der Waals surface area (Å²) in [5.74, 6) is -0.643. The predicted molar refractivity (Wildman–Crippen MR) is 77.0 cm³/mol. The normalized spacial score (nSPS) is 25.9. The molecular formula is C14H11BrClNO2. The highest BCUT2D eigenvalue weighted by Crippen LogP contribution is 2.38. The first-order valence-corrected chi connectivity index (χ1v) is 7.24. The van der Waals surface area contributed by atoms with Crippen LogP contribution in [0.5, 0.6) is 0 Å². The van der Waals surface area contributed by atoms with Crippen molar-refractivity contribution in [2.45, 2.75) is 12.8 Å². The van der Waals surface area contributed by atoms with Crippen molar-refractivity contribution < 1.29 is 9.59 Å². The van der Waals surface area contributed by atoms with E-state index in [4.69, 9.17) is 11.6 Å². The molecule has 1 aliphatic heterocycles. The number of hydrogen-bond donors (Lipinski definition) is 0. The number of anilines is 1. The Morgan fingerprint density at radius 1 is 1.11 bits per heavy atom. The lowest BCUT2D eigenvalue weighted by Gasteiger charge is -2.15. The number of hydrogen-bond acceptors (Lipinski definition) is 2. The first-order valence-electron chi connectivity index (χ1n) is 6.07. The maximum atomic E-state index is 12.4. The molecule has 5 heteroatoms. The number of fused-ring (bicyclic) bond motifs is 1. The van der Waals surface area contributed by atoms with E-state index < -0.39 is 0 Å². The topological polar surface area (TPSA) is 37.4 Å². The van der Waals surface area contributed by atoms with Crippen LogP contribution in [0.15, 0.2) is 34.8 Å². The summed E-state index contributed by atoms with van der Waals surface area (Å²) in [4.78, 5) is 26.0. The zero-order valence-electron chi connectivity index (χ0n) is 9.98. The van der Waals surface area contributed by atoms with Crippen LogP contribution in [0.3, 0.4) is 0 Å². The average Bonchev–Trinajstić information content (AvgIpc) is 2.66. The lowest BCUT2D eigenvalue weighted by molar-refractivity contribution is -0.122. The van der Waals surface area contributed by atoms with Gasteiger partial charge in [0, 0.05) is 4.47 Å². The molecule has 1 aliphatic carbocycles. The molecule has 0 unspecified atom stereocenters. The maximum Gasteiger partial charge on any atom is 0.238 e. The Morgan fingerprint density at radius 3 is 2.21 bits per heavy atom. The van der Waals surface area contributed by atoms with Crippen LogP contribution in [0.25, 0.3) is 0 Å². The SMILES string of the molecule is O=C1[C@H]2CC=CC[C@H]2C(=O)N1c1ccc(Br)c(Cl)c1. The number of halogens is 2. The highest BCUT2D eigenvalue weighted by atomic mass is 79.9. The van der Waals surface area contributed by atoms with Crippen molar-refractivity contribution in [2.24, 2.45) is 11.8 Å². The van der Waals surface area contributed by atoms with Crippen molar-refractivity contribution in [2.75, 3.05) is 4.90 Å². The zero-order valence-corrected chi connectivity index (χ0v) is 12.3. The standard InChI is InChI=1S/C14H11BrClNO2/c15-11-6-5-8(7-12(11)16)17-13(18)9-3-1-2-4-10(9)14(17)19/h1-2,5-7,9-10H,3-4H2/t9-,10+. The average molecular weight is 341 g/mol. The third-order valence-corrected chi connectivity index (χ3v) is 4.90.